The van der Waals surface area contributed by atoms with Crippen molar-refractivity contribution in [3.63, 3.8) is 0 Å². The van der Waals surface area contributed by atoms with Crippen LogP contribution in [0.1, 0.15) is 34.3 Å². The number of carbonyl (C=O) groups is 1. The van der Waals surface area contributed by atoms with Gasteiger partial charge in [-0.1, -0.05) is 0 Å². The second-order valence-corrected chi connectivity index (χ2v) is 4.58. The average molecular weight is 226 g/mol. The number of fused-ring (bicyclic) bond motifs is 1. The molecule has 1 aliphatic rings. The van der Waals surface area contributed by atoms with Crippen molar-refractivity contribution in [2.75, 3.05) is 0 Å². The summed E-state index contributed by atoms with van der Waals surface area (Å²) in [5, 5.41) is 4.29. The number of aromatic nitrogens is 2. The van der Waals surface area contributed by atoms with Gasteiger partial charge in [-0.15, -0.1) is 0 Å². The molecule has 0 unspecified atom stereocenters. The van der Waals surface area contributed by atoms with E-state index in [1.807, 2.05) is 36.1 Å². The quantitative estimate of drug-likeness (QED) is 0.749. The second kappa shape index (κ2) is 3.84. The highest BCUT2D eigenvalue weighted by atomic mass is 16.1. The van der Waals surface area contributed by atoms with Gasteiger partial charge in [0.1, 0.15) is 0 Å². The molecule has 2 aromatic rings. The van der Waals surface area contributed by atoms with Crippen molar-refractivity contribution in [1.82, 2.24) is 9.78 Å². The first kappa shape index (κ1) is 10.3. The molecule has 0 amide bonds. The van der Waals surface area contributed by atoms with Gasteiger partial charge in [-0.3, -0.25) is 4.79 Å². The molecule has 3 rings (SSSR count). The lowest BCUT2D eigenvalue weighted by atomic mass is 9.90. The Morgan fingerprint density at radius 3 is 2.94 bits per heavy atom. The summed E-state index contributed by atoms with van der Waals surface area (Å²) in [4.78, 5) is 11.7. The first-order valence-electron chi connectivity index (χ1n) is 5.92. The highest BCUT2D eigenvalue weighted by Crippen LogP contribution is 2.23. The van der Waals surface area contributed by atoms with E-state index >= 15 is 0 Å². The third kappa shape index (κ3) is 1.78. The summed E-state index contributed by atoms with van der Waals surface area (Å²) in [5.74, 6) is 0.273. The first-order valence-corrected chi connectivity index (χ1v) is 5.92. The van der Waals surface area contributed by atoms with Crippen molar-refractivity contribution >= 4 is 5.78 Å². The molecule has 1 aromatic heterocycles. The van der Waals surface area contributed by atoms with Crippen molar-refractivity contribution in [1.29, 1.82) is 0 Å². The third-order valence-electron chi connectivity index (χ3n) is 3.22. The van der Waals surface area contributed by atoms with Gasteiger partial charge in [0.15, 0.2) is 5.78 Å². The van der Waals surface area contributed by atoms with Crippen molar-refractivity contribution < 1.29 is 4.79 Å². The number of Topliss-reactive ketones (excluding diaryl/α,β-unsaturated/α-hetero) is 1. The van der Waals surface area contributed by atoms with Crippen LogP contribution in [0.4, 0.5) is 0 Å². The maximum atomic E-state index is 11.7. The molecule has 0 spiro atoms. The predicted octanol–water partition coefficient (Wildman–Crippen LogP) is 2.70. The summed E-state index contributed by atoms with van der Waals surface area (Å²) >= 11 is 0. The molecule has 0 atom stereocenters. The molecule has 0 aliphatic heterocycles. The van der Waals surface area contributed by atoms with Crippen LogP contribution in [-0.4, -0.2) is 15.6 Å². The zero-order valence-corrected chi connectivity index (χ0v) is 9.81. The van der Waals surface area contributed by atoms with Crippen molar-refractivity contribution in [2.24, 2.45) is 0 Å². The molecule has 86 valence electrons. The Bertz CT molecular complexity index is 584. The van der Waals surface area contributed by atoms with Gasteiger partial charge in [0.25, 0.3) is 0 Å². The molecule has 1 aromatic carbocycles. The summed E-state index contributed by atoms with van der Waals surface area (Å²) in [6, 6.07) is 5.98. The standard InChI is InChI=1S/C14H14N2O/c1-10-8-15-16(9-10)12-5-6-13-11(7-12)3-2-4-14(13)17/h5-9H,2-4H2,1H3. The van der Waals surface area contributed by atoms with Crippen LogP contribution in [0.25, 0.3) is 5.69 Å². The lowest BCUT2D eigenvalue weighted by molar-refractivity contribution is 0.0972. The van der Waals surface area contributed by atoms with Gasteiger partial charge in [0, 0.05) is 18.2 Å². The van der Waals surface area contributed by atoms with Crippen LogP contribution in [-0.2, 0) is 6.42 Å². The monoisotopic (exact) mass is 226 g/mol. The van der Waals surface area contributed by atoms with Gasteiger partial charge in [-0.25, -0.2) is 4.68 Å². The zero-order valence-electron chi connectivity index (χ0n) is 9.81. The molecule has 0 bridgehead atoms. The molecule has 3 heteroatoms. The van der Waals surface area contributed by atoms with Crippen LogP contribution >= 0.6 is 0 Å². The van der Waals surface area contributed by atoms with Crippen molar-refractivity contribution in [2.45, 2.75) is 26.2 Å². The molecule has 0 saturated heterocycles. The Labute approximate surface area is 100 Å². The van der Waals surface area contributed by atoms with Crippen LogP contribution in [0, 0.1) is 6.92 Å². The van der Waals surface area contributed by atoms with E-state index in [-0.39, 0.29) is 5.78 Å². The smallest absolute Gasteiger partial charge is 0.163 e. The largest absolute Gasteiger partial charge is 0.294 e. The zero-order chi connectivity index (χ0) is 11.8. The molecule has 1 aliphatic carbocycles. The summed E-state index contributed by atoms with van der Waals surface area (Å²) in [7, 11) is 0. The number of benzene rings is 1. The van der Waals surface area contributed by atoms with Gasteiger partial charge in [-0.05, 0) is 49.1 Å². The second-order valence-electron chi connectivity index (χ2n) is 4.58. The van der Waals surface area contributed by atoms with E-state index in [1.54, 1.807) is 0 Å². The summed E-state index contributed by atoms with van der Waals surface area (Å²) in [6.45, 7) is 2.02. The van der Waals surface area contributed by atoms with E-state index < -0.39 is 0 Å². The number of rotatable bonds is 1. The molecular weight excluding hydrogens is 212 g/mol. The highest BCUT2D eigenvalue weighted by molar-refractivity contribution is 5.98. The Balaban J connectivity index is 2.06. The predicted molar refractivity (Wildman–Crippen MR) is 65.6 cm³/mol. The Hall–Kier alpha value is -1.90. The molecule has 17 heavy (non-hydrogen) atoms. The van der Waals surface area contributed by atoms with Gasteiger partial charge >= 0.3 is 0 Å². The van der Waals surface area contributed by atoms with E-state index in [0.717, 1.165) is 35.2 Å². The minimum atomic E-state index is 0.273. The summed E-state index contributed by atoms with van der Waals surface area (Å²) in [6.07, 6.45) is 6.48. The maximum absolute atomic E-state index is 11.7. The number of hydrogen-bond donors (Lipinski definition) is 0. The number of ketones is 1. The number of carbonyl (C=O) groups excluding carboxylic acids is 1. The normalized spacial score (nSPS) is 14.8. The number of aryl methyl sites for hydroxylation is 2. The SMILES string of the molecule is Cc1cnn(-c2ccc3c(c2)CCCC3=O)c1. The maximum Gasteiger partial charge on any atom is 0.163 e. The fourth-order valence-corrected chi connectivity index (χ4v) is 2.33. The molecule has 1 heterocycles. The molecule has 0 N–H and O–H groups in total. The van der Waals surface area contributed by atoms with Gasteiger partial charge in [-0.2, -0.15) is 5.10 Å². The van der Waals surface area contributed by atoms with Crippen LogP contribution < -0.4 is 0 Å². The minimum Gasteiger partial charge on any atom is -0.294 e. The van der Waals surface area contributed by atoms with E-state index in [9.17, 15) is 4.79 Å². The Morgan fingerprint density at radius 1 is 1.29 bits per heavy atom. The average Bonchev–Trinajstić information content (AvgIpc) is 2.76. The number of nitrogens with zero attached hydrogens (tertiary/aromatic N) is 2. The first-order chi connectivity index (χ1) is 8.24. The lowest BCUT2D eigenvalue weighted by Gasteiger charge is -2.15. The molecule has 3 nitrogen and oxygen atoms in total. The van der Waals surface area contributed by atoms with Crippen molar-refractivity contribution in [3.8, 4) is 5.69 Å². The van der Waals surface area contributed by atoms with E-state index in [4.69, 9.17) is 0 Å². The fraction of sp³-hybridized carbons (Fsp3) is 0.286. The summed E-state index contributed by atoms with van der Waals surface area (Å²) < 4.78 is 1.86. The van der Waals surface area contributed by atoms with Crippen LogP contribution in [0.3, 0.4) is 0 Å². The van der Waals surface area contributed by atoms with Gasteiger partial charge in [0.2, 0.25) is 0 Å². The Kier molecular flexibility index (Phi) is 2.32. The van der Waals surface area contributed by atoms with Gasteiger partial charge in [0.05, 0.1) is 11.9 Å². The molecule has 0 radical (unpaired) electrons. The van der Waals surface area contributed by atoms with E-state index in [0.29, 0.717) is 6.42 Å². The highest BCUT2D eigenvalue weighted by Gasteiger charge is 2.17. The Morgan fingerprint density at radius 2 is 2.18 bits per heavy atom. The van der Waals surface area contributed by atoms with Gasteiger partial charge < -0.3 is 0 Å². The third-order valence-corrected chi connectivity index (χ3v) is 3.22. The number of hydrogen-bond acceptors (Lipinski definition) is 2. The fourth-order valence-electron chi connectivity index (χ4n) is 2.33. The van der Waals surface area contributed by atoms with Crippen LogP contribution in [0.15, 0.2) is 30.6 Å². The van der Waals surface area contributed by atoms with Crippen LogP contribution in [0.2, 0.25) is 0 Å². The topological polar surface area (TPSA) is 34.9 Å². The minimum absolute atomic E-state index is 0.273. The van der Waals surface area contributed by atoms with Crippen LogP contribution in [0.5, 0.6) is 0 Å². The molecule has 0 fully saturated rings. The van der Waals surface area contributed by atoms with E-state index in [1.165, 1.54) is 0 Å². The van der Waals surface area contributed by atoms with Crippen molar-refractivity contribution in [3.05, 3.63) is 47.3 Å². The molecule has 0 saturated carbocycles. The lowest BCUT2D eigenvalue weighted by Crippen LogP contribution is -2.11. The molecular formula is C14H14N2O. The van der Waals surface area contributed by atoms with E-state index in [2.05, 4.69) is 11.2 Å². The summed E-state index contributed by atoms with van der Waals surface area (Å²) in [5.41, 5.74) is 4.22.